The van der Waals surface area contributed by atoms with Crippen LogP contribution in [-0.2, 0) is 20.4 Å². The third-order valence-electron chi connectivity index (χ3n) is 4.56. The number of carboxylic acids is 2. The molecule has 1 aliphatic carbocycles. The number of aliphatic carboxylic acids is 2. The fraction of sp³-hybridized carbons (Fsp3) is 0.100. The van der Waals surface area contributed by atoms with Gasteiger partial charge in [-0.1, -0.05) is 85.0 Å². The highest BCUT2D eigenvalue weighted by molar-refractivity contribution is 6.00. The smallest absolute Gasteiger partial charge is 0.319 e. The monoisotopic (exact) mass is 320 g/mol. The SMILES string of the molecule is O=C(O)C1(c2ccccc2)C=CC=CC1(C(=O)O)c1ccccc1. The minimum atomic E-state index is -1.74. The molecule has 0 radical (unpaired) electrons. The lowest BCUT2D eigenvalue weighted by atomic mass is 9.55. The molecule has 3 rings (SSSR count). The average molecular weight is 320 g/mol. The van der Waals surface area contributed by atoms with Crippen molar-refractivity contribution in [1.82, 2.24) is 0 Å². The quantitative estimate of drug-likeness (QED) is 0.907. The summed E-state index contributed by atoms with van der Waals surface area (Å²) in [5.74, 6) is -2.42. The Morgan fingerprint density at radius 1 is 0.625 bits per heavy atom. The number of hydrogen-bond acceptors (Lipinski definition) is 2. The molecule has 0 spiro atoms. The normalized spacial score (nSPS) is 25.3. The second-order valence-electron chi connectivity index (χ2n) is 5.68. The van der Waals surface area contributed by atoms with Crippen LogP contribution >= 0.6 is 0 Å². The summed E-state index contributed by atoms with van der Waals surface area (Å²) in [6.07, 6.45) is 6.11. The predicted octanol–water partition coefficient (Wildman–Crippen LogP) is 3.16. The van der Waals surface area contributed by atoms with Crippen molar-refractivity contribution in [3.63, 3.8) is 0 Å². The fourth-order valence-electron chi connectivity index (χ4n) is 3.44. The second-order valence-corrected chi connectivity index (χ2v) is 5.68. The van der Waals surface area contributed by atoms with E-state index >= 15 is 0 Å². The van der Waals surface area contributed by atoms with Crippen molar-refractivity contribution < 1.29 is 19.8 Å². The zero-order valence-electron chi connectivity index (χ0n) is 12.8. The first kappa shape index (κ1) is 15.7. The highest BCUT2D eigenvalue weighted by Gasteiger charge is 2.61. The molecule has 0 aromatic heterocycles. The molecule has 0 saturated heterocycles. The summed E-state index contributed by atoms with van der Waals surface area (Å²) in [6, 6.07) is 17.0. The third kappa shape index (κ3) is 2.00. The molecule has 120 valence electrons. The second kappa shape index (κ2) is 5.81. The van der Waals surface area contributed by atoms with Gasteiger partial charge in [-0.3, -0.25) is 9.59 Å². The number of hydrogen-bond donors (Lipinski definition) is 2. The molecule has 2 atom stereocenters. The van der Waals surface area contributed by atoms with E-state index < -0.39 is 22.8 Å². The van der Waals surface area contributed by atoms with Gasteiger partial charge in [0, 0.05) is 0 Å². The summed E-state index contributed by atoms with van der Waals surface area (Å²) in [6.45, 7) is 0. The van der Waals surface area contributed by atoms with Gasteiger partial charge < -0.3 is 10.2 Å². The molecule has 2 N–H and O–H groups in total. The summed E-state index contributed by atoms with van der Waals surface area (Å²) in [7, 11) is 0. The third-order valence-corrected chi connectivity index (χ3v) is 4.56. The Kier molecular flexibility index (Phi) is 3.81. The molecular weight excluding hydrogens is 304 g/mol. The first-order chi connectivity index (χ1) is 11.6. The van der Waals surface area contributed by atoms with E-state index in [2.05, 4.69) is 0 Å². The lowest BCUT2D eigenvalue weighted by Crippen LogP contribution is -2.57. The zero-order chi connectivity index (χ0) is 17.2. The van der Waals surface area contributed by atoms with Crippen molar-refractivity contribution >= 4 is 11.9 Å². The van der Waals surface area contributed by atoms with Crippen molar-refractivity contribution in [2.24, 2.45) is 0 Å². The Morgan fingerprint density at radius 3 is 1.25 bits per heavy atom. The Hall–Kier alpha value is -3.14. The van der Waals surface area contributed by atoms with Crippen LogP contribution in [0.5, 0.6) is 0 Å². The van der Waals surface area contributed by atoms with Crippen LogP contribution in [0.15, 0.2) is 85.0 Å². The molecule has 24 heavy (non-hydrogen) atoms. The molecule has 0 aliphatic heterocycles. The van der Waals surface area contributed by atoms with Crippen LogP contribution in [0.4, 0.5) is 0 Å². The molecule has 1 aliphatic rings. The zero-order valence-corrected chi connectivity index (χ0v) is 12.8. The number of carbonyl (C=O) groups is 2. The molecule has 4 nitrogen and oxygen atoms in total. The average Bonchev–Trinajstić information content (AvgIpc) is 2.62. The molecule has 4 heteroatoms. The van der Waals surface area contributed by atoms with Gasteiger partial charge in [0.2, 0.25) is 0 Å². The lowest BCUT2D eigenvalue weighted by molar-refractivity contribution is -0.154. The van der Waals surface area contributed by atoms with Crippen molar-refractivity contribution in [3.8, 4) is 0 Å². The molecule has 0 saturated carbocycles. The van der Waals surface area contributed by atoms with Gasteiger partial charge in [-0.15, -0.1) is 0 Å². The summed E-state index contributed by atoms with van der Waals surface area (Å²) >= 11 is 0. The standard InChI is InChI=1S/C20H16O4/c21-17(22)19(15-9-3-1-4-10-15)13-7-8-14-20(19,18(23)24)16-11-5-2-6-12-16/h1-14H,(H,21,22)(H,23,24). The van der Waals surface area contributed by atoms with Crippen LogP contribution < -0.4 is 0 Å². The molecule has 0 bridgehead atoms. The Balaban J connectivity index is 2.42. The summed E-state index contributed by atoms with van der Waals surface area (Å²) in [4.78, 5) is 24.8. The van der Waals surface area contributed by atoms with Crippen LogP contribution in [0.1, 0.15) is 11.1 Å². The largest absolute Gasteiger partial charge is 0.480 e. The number of benzene rings is 2. The Morgan fingerprint density at radius 2 is 0.958 bits per heavy atom. The molecule has 2 aromatic carbocycles. The van der Waals surface area contributed by atoms with Crippen molar-refractivity contribution in [3.05, 3.63) is 96.1 Å². The molecular formula is C20H16O4. The fourth-order valence-corrected chi connectivity index (χ4v) is 3.44. The molecule has 0 heterocycles. The summed E-state index contributed by atoms with van der Waals surface area (Å²) < 4.78 is 0. The van der Waals surface area contributed by atoms with Crippen molar-refractivity contribution in [1.29, 1.82) is 0 Å². The maximum absolute atomic E-state index is 12.4. The lowest BCUT2D eigenvalue weighted by Gasteiger charge is -2.43. The topological polar surface area (TPSA) is 74.6 Å². The van der Waals surface area contributed by atoms with Gasteiger partial charge in [0.15, 0.2) is 0 Å². The van der Waals surface area contributed by atoms with Gasteiger partial charge in [0.1, 0.15) is 10.8 Å². The van der Waals surface area contributed by atoms with Crippen LogP contribution in [-0.4, -0.2) is 22.2 Å². The minimum absolute atomic E-state index is 0.421. The van der Waals surface area contributed by atoms with Gasteiger partial charge >= 0.3 is 11.9 Å². The molecule has 2 aromatic rings. The highest BCUT2D eigenvalue weighted by Crippen LogP contribution is 2.49. The van der Waals surface area contributed by atoms with E-state index in [0.29, 0.717) is 11.1 Å². The van der Waals surface area contributed by atoms with E-state index in [1.165, 1.54) is 12.2 Å². The Bertz CT molecular complexity index is 752. The van der Waals surface area contributed by atoms with E-state index in [-0.39, 0.29) is 0 Å². The summed E-state index contributed by atoms with van der Waals surface area (Å²) in [5, 5.41) is 20.3. The van der Waals surface area contributed by atoms with Crippen LogP contribution in [0.2, 0.25) is 0 Å². The number of carboxylic acid groups (broad SMARTS) is 2. The van der Waals surface area contributed by atoms with E-state index in [1.807, 2.05) is 0 Å². The van der Waals surface area contributed by atoms with E-state index in [9.17, 15) is 19.8 Å². The predicted molar refractivity (Wildman–Crippen MR) is 89.8 cm³/mol. The van der Waals surface area contributed by atoms with E-state index in [1.54, 1.807) is 72.8 Å². The van der Waals surface area contributed by atoms with E-state index in [4.69, 9.17) is 0 Å². The van der Waals surface area contributed by atoms with Gasteiger partial charge in [-0.05, 0) is 11.1 Å². The maximum atomic E-state index is 12.4. The first-order valence-electron chi connectivity index (χ1n) is 7.50. The van der Waals surface area contributed by atoms with Gasteiger partial charge in [0.05, 0.1) is 0 Å². The van der Waals surface area contributed by atoms with Gasteiger partial charge in [0.25, 0.3) is 0 Å². The minimum Gasteiger partial charge on any atom is -0.480 e. The molecule has 2 unspecified atom stereocenters. The molecule has 0 amide bonds. The number of rotatable bonds is 4. The van der Waals surface area contributed by atoms with Crippen LogP contribution in [0.3, 0.4) is 0 Å². The first-order valence-corrected chi connectivity index (χ1v) is 7.50. The van der Waals surface area contributed by atoms with Crippen molar-refractivity contribution in [2.75, 3.05) is 0 Å². The Labute approximate surface area is 139 Å². The van der Waals surface area contributed by atoms with Crippen LogP contribution in [0.25, 0.3) is 0 Å². The van der Waals surface area contributed by atoms with Crippen molar-refractivity contribution in [2.45, 2.75) is 10.8 Å². The maximum Gasteiger partial charge on any atom is 0.319 e. The van der Waals surface area contributed by atoms with Gasteiger partial charge in [-0.2, -0.15) is 0 Å². The van der Waals surface area contributed by atoms with Gasteiger partial charge in [-0.25, -0.2) is 0 Å². The molecule has 0 fully saturated rings. The van der Waals surface area contributed by atoms with Crippen LogP contribution in [0, 0.1) is 0 Å². The van der Waals surface area contributed by atoms with E-state index in [0.717, 1.165) is 0 Å². The number of allylic oxidation sites excluding steroid dienone is 2. The highest BCUT2D eigenvalue weighted by atomic mass is 16.4. The summed E-state index contributed by atoms with van der Waals surface area (Å²) in [5.41, 5.74) is -2.64.